The first-order valence-electron chi connectivity index (χ1n) is 7.17. The summed E-state index contributed by atoms with van der Waals surface area (Å²) in [5.41, 5.74) is 1.97. The van der Waals surface area contributed by atoms with E-state index in [1.807, 2.05) is 6.07 Å². The number of phenolic OH excluding ortho intramolecular Hbond substituents is 2. The average Bonchev–Trinajstić information content (AvgIpc) is 2.51. The number of nitrogens with one attached hydrogen (secondary N) is 1. The Hall–Kier alpha value is -2.20. The predicted molar refractivity (Wildman–Crippen MR) is 84.4 cm³/mol. The number of hydrogen-bond donors (Lipinski definition) is 3. The van der Waals surface area contributed by atoms with Crippen molar-refractivity contribution in [3.63, 3.8) is 0 Å². The molecule has 1 aliphatic rings. The Kier molecular flexibility index (Phi) is 3.94. The number of fused-ring (bicyclic) bond motifs is 1. The quantitative estimate of drug-likeness (QED) is 0.793. The number of phenols is 2. The van der Waals surface area contributed by atoms with Gasteiger partial charge in [-0.1, -0.05) is 29.8 Å². The molecule has 114 valence electrons. The molecular weight excluding hydrogens is 302 g/mol. The van der Waals surface area contributed by atoms with E-state index in [4.69, 9.17) is 11.6 Å². The van der Waals surface area contributed by atoms with Gasteiger partial charge in [-0.15, -0.1) is 0 Å². The molecule has 0 saturated carbocycles. The highest BCUT2D eigenvalue weighted by Gasteiger charge is 2.25. The second-order valence-electron chi connectivity index (χ2n) is 5.40. The van der Waals surface area contributed by atoms with Crippen molar-refractivity contribution in [1.82, 2.24) is 5.32 Å². The first-order chi connectivity index (χ1) is 10.6. The van der Waals surface area contributed by atoms with Crippen molar-refractivity contribution < 1.29 is 15.0 Å². The molecule has 1 aliphatic carbocycles. The first kappa shape index (κ1) is 14.7. The second-order valence-corrected chi connectivity index (χ2v) is 5.81. The second kappa shape index (κ2) is 5.89. The Morgan fingerprint density at radius 2 is 1.95 bits per heavy atom. The summed E-state index contributed by atoms with van der Waals surface area (Å²) in [6.45, 7) is 0. The van der Waals surface area contributed by atoms with Gasteiger partial charge in [0.25, 0.3) is 5.91 Å². The van der Waals surface area contributed by atoms with Crippen LogP contribution >= 0.6 is 11.6 Å². The maximum atomic E-state index is 12.4. The van der Waals surface area contributed by atoms with Gasteiger partial charge in [-0.25, -0.2) is 0 Å². The summed E-state index contributed by atoms with van der Waals surface area (Å²) in [7, 11) is 0. The lowest BCUT2D eigenvalue weighted by Crippen LogP contribution is -2.31. The fourth-order valence-corrected chi connectivity index (χ4v) is 3.09. The number of carbonyl (C=O) groups excluding carboxylic acids is 1. The molecule has 0 radical (unpaired) electrons. The summed E-state index contributed by atoms with van der Waals surface area (Å²) in [5, 5.41) is 22.9. The number of rotatable bonds is 2. The number of hydrogen-bond acceptors (Lipinski definition) is 3. The maximum absolute atomic E-state index is 12.4. The molecule has 2 aromatic rings. The Labute approximate surface area is 133 Å². The molecule has 0 heterocycles. The molecule has 22 heavy (non-hydrogen) atoms. The largest absolute Gasteiger partial charge is 0.508 e. The molecule has 5 heteroatoms. The van der Waals surface area contributed by atoms with E-state index < -0.39 is 0 Å². The minimum absolute atomic E-state index is 0.148. The van der Waals surface area contributed by atoms with Crippen LogP contribution in [0.25, 0.3) is 0 Å². The number of aromatic hydroxyl groups is 2. The van der Waals surface area contributed by atoms with Crippen LogP contribution in [0.15, 0.2) is 36.4 Å². The van der Waals surface area contributed by atoms with E-state index in [2.05, 4.69) is 5.32 Å². The van der Waals surface area contributed by atoms with Gasteiger partial charge in [-0.3, -0.25) is 4.79 Å². The summed E-state index contributed by atoms with van der Waals surface area (Å²) in [6.07, 6.45) is 2.48. The van der Waals surface area contributed by atoms with Crippen LogP contribution in [-0.4, -0.2) is 16.1 Å². The monoisotopic (exact) mass is 317 g/mol. The lowest BCUT2D eigenvalue weighted by molar-refractivity contribution is 0.0930. The lowest BCUT2D eigenvalue weighted by Gasteiger charge is -2.27. The van der Waals surface area contributed by atoms with E-state index in [0.29, 0.717) is 0 Å². The predicted octanol–water partition coefficient (Wildman–Crippen LogP) is 3.56. The van der Waals surface area contributed by atoms with Gasteiger partial charge in [0.1, 0.15) is 11.5 Å². The fraction of sp³-hybridized carbons (Fsp3) is 0.235. The summed E-state index contributed by atoms with van der Waals surface area (Å²) >= 11 is 5.84. The zero-order chi connectivity index (χ0) is 15.7. The molecule has 0 aliphatic heterocycles. The van der Waals surface area contributed by atoms with Gasteiger partial charge in [0.05, 0.1) is 16.6 Å². The Morgan fingerprint density at radius 3 is 2.77 bits per heavy atom. The first-order valence-corrected chi connectivity index (χ1v) is 7.55. The lowest BCUT2D eigenvalue weighted by atomic mass is 9.87. The van der Waals surface area contributed by atoms with Crippen molar-refractivity contribution in [1.29, 1.82) is 0 Å². The van der Waals surface area contributed by atoms with Crippen LogP contribution in [0.1, 0.15) is 40.4 Å². The highest BCUT2D eigenvalue weighted by molar-refractivity contribution is 6.32. The number of amides is 1. The standard InChI is InChI=1S/C17H16ClNO3/c18-13-7-1-6-12(16(13)21)17(22)19-14-8-2-5-11-10(14)4-3-9-15(11)20/h1,3-4,6-7,9,14,20-21H,2,5,8H2,(H,19,22)/t14-/m1/s1. The van der Waals surface area contributed by atoms with Crippen molar-refractivity contribution in [2.45, 2.75) is 25.3 Å². The fourth-order valence-electron chi connectivity index (χ4n) is 2.91. The summed E-state index contributed by atoms with van der Waals surface area (Å²) < 4.78 is 0. The van der Waals surface area contributed by atoms with Gasteiger partial charge >= 0.3 is 0 Å². The molecule has 4 nitrogen and oxygen atoms in total. The topological polar surface area (TPSA) is 69.6 Å². The van der Waals surface area contributed by atoms with Crippen LogP contribution in [0.4, 0.5) is 0 Å². The smallest absolute Gasteiger partial charge is 0.255 e. The highest BCUT2D eigenvalue weighted by Crippen LogP contribution is 2.35. The number of halogens is 1. The number of benzene rings is 2. The molecular formula is C17H16ClNO3. The van der Waals surface area contributed by atoms with E-state index in [0.717, 1.165) is 30.4 Å². The van der Waals surface area contributed by atoms with Gasteiger partial charge in [0, 0.05) is 0 Å². The summed E-state index contributed by atoms with van der Waals surface area (Å²) in [4.78, 5) is 12.4. The minimum Gasteiger partial charge on any atom is -0.508 e. The Bertz CT molecular complexity index is 730. The normalized spacial score (nSPS) is 16.9. The molecule has 0 unspecified atom stereocenters. The van der Waals surface area contributed by atoms with Crippen LogP contribution < -0.4 is 5.32 Å². The van der Waals surface area contributed by atoms with E-state index in [1.165, 1.54) is 12.1 Å². The minimum atomic E-state index is -0.374. The van der Waals surface area contributed by atoms with E-state index in [9.17, 15) is 15.0 Å². The molecule has 1 amide bonds. The molecule has 3 N–H and O–H groups in total. The molecule has 0 spiro atoms. The van der Waals surface area contributed by atoms with Crippen molar-refractivity contribution in [2.75, 3.05) is 0 Å². The van der Waals surface area contributed by atoms with Crippen molar-refractivity contribution in [2.24, 2.45) is 0 Å². The van der Waals surface area contributed by atoms with Gasteiger partial charge in [0.15, 0.2) is 0 Å². The van der Waals surface area contributed by atoms with Crippen molar-refractivity contribution >= 4 is 17.5 Å². The molecule has 0 bridgehead atoms. The van der Waals surface area contributed by atoms with Gasteiger partial charge in [0.2, 0.25) is 0 Å². The zero-order valence-electron chi connectivity index (χ0n) is 11.8. The Balaban J connectivity index is 1.87. The van der Waals surface area contributed by atoms with E-state index >= 15 is 0 Å². The zero-order valence-corrected chi connectivity index (χ0v) is 12.6. The molecule has 0 saturated heterocycles. The molecule has 1 atom stereocenters. The molecule has 0 aromatic heterocycles. The summed E-state index contributed by atoms with van der Waals surface area (Å²) in [6, 6.07) is 9.85. The SMILES string of the molecule is O=C(N[C@@H]1CCCc2c(O)cccc21)c1cccc(Cl)c1O. The van der Waals surface area contributed by atoms with Crippen LogP contribution in [-0.2, 0) is 6.42 Å². The summed E-state index contributed by atoms with van der Waals surface area (Å²) in [5.74, 6) is -0.322. The van der Waals surface area contributed by atoms with E-state index in [-0.39, 0.29) is 34.0 Å². The third kappa shape index (κ3) is 2.62. The van der Waals surface area contributed by atoms with Crippen LogP contribution in [0.5, 0.6) is 11.5 Å². The molecule has 0 fully saturated rings. The van der Waals surface area contributed by atoms with Crippen LogP contribution in [0.2, 0.25) is 5.02 Å². The van der Waals surface area contributed by atoms with E-state index in [1.54, 1.807) is 18.2 Å². The van der Waals surface area contributed by atoms with Crippen molar-refractivity contribution in [3.05, 3.63) is 58.1 Å². The van der Waals surface area contributed by atoms with Crippen LogP contribution in [0, 0.1) is 0 Å². The van der Waals surface area contributed by atoms with Crippen molar-refractivity contribution in [3.8, 4) is 11.5 Å². The molecule has 2 aromatic carbocycles. The Morgan fingerprint density at radius 1 is 1.18 bits per heavy atom. The maximum Gasteiger partial charge on any atom is 0.255 e. The third-order valence-corrected chi connectivity index (χ3v) is 4.32. The average molecular weight is 318 g/mol. The number of carbonyl (C=O) groups is 1. The van der Waals surface area contributed by atoms with Gasteiger partial charge in [-0.05, 0) is 48.6 Å². The third-order valence-electron chi connectivity index (χ3n) is 4.02. The van der Waals surface area contributed by atoms with Crippen LogP contribution in [0.3, 0.4) is 0 Å². The van der Waals surface area contributed by atoms with Gasteiger partial charge < -0.3 is 15.5 Å². The number of para-hydroxylation sites is 1. The molecule has 3 rings (SSSR count). The highest BCUT2D eigenvalue weighted by atomic mass is 35.5. The van der Waals surface area contributed by atoms with Gasteiger partial charge in [-0.2, -0.15) is 0 Å².